The van der Waals surface area contributed by atoms with Gasteiger partial charge in [0.25, 0.3) is 5.91 Å². The predicted molar refractivity (Wildman–Crippen MR) is 145 cm³/mol. The maximum absolute atomic E-state index is 12.1. The Labute approximate surface area is 227 Å². The molecule has 206 valence electrons. The van der Waals surface area contributed by atoms with Crippen LogP contribution in [0.4, 0.5) is 0 Å². The van der Waals surface area contributed by atoms with Gasteiger partial charge in [-0.05, 0) is 54.4 Å². The Kier molecular flexibility index (Phi) is 11.7. The third-order valence-corrected chi connectivity index (χ3v) is 5.76. The number of nitrogens with zero attached hydrogens (tertiary/aromatic N) is 1. The van der Waals surface area contributed by atoms with Gasteiger partial charge in [0.05, 0.1) is 17.3 Å². The van der Waals surface area contributed by atoms with Crippen molar-refractivity contribution in [2.45, 2.75) is 45.3 Å². The summed E-state index contributed by atoms with van der Waals surface area (Å²) in [6.45, 7) is 5.42. The SMILES string of the molecule is CC(C)NC[C@H](O)COc1ccc(OCCCNC(=O)COc2ccc(C3=NNC(=O)CC3)cc2Cl)cc1. The summed E-state index contributed by atoms with van der Waals surface area (Å²) in [5.74, 6) is 1.35. The lowest BCUT2D eigenvalue weighted by Crippen LogP contribution is -2.35. The lowest BCUT2D eigenvalue weighted by atomic mass is 10.0. The molecule has 0 bridgehead atoms. The summed E-state index contributed by atoms with van der Waals surface area (Å²) in [7, 11) is 0. The summed E-state index contributed by atoms with van der Waals surface area (Å²) >= 11 is 6.29. The zero-order valence-corrected chi connectivity index (χ0v) is 22.4. The molecule has 1 aliphatic rings. The molecule has 38 heavy (non-hydrogen) atoms. The van der Waals surface area contributed by atoms with Crippen molar-refractivity contribution in [3.63, 3.8) is 0 Å². The lowest BCUT2D eigenvalue weighted by molar-refractivity contribution is -0.123. The molecule has 10 nitrogen and oxygen atoms in total. The molecule has 0 saturated heterocycles. The topological polar surface area (TPSA) is 131 Å². The molecular formula is C27H35ClN4O6. The van der Waals surface area contributed by atoms with Gasteiger partial charge in [0, 0.05) is 32.0 Å². The molecule has 4 N–H and O–H groups in total. The molecule has 1 heterocycles. The summed E-state index contributed by atoms with van der Waals surface area (Å²) in [6.07, 6.45) is 0.951. The molecule has 1 atom stereocenters. The van der Waals surface area contributed by atoms with E-state index in [-0.39, 0.29) is 25.0 Å². The fourth-order valence-electron chi connectivity index (χ4n) is 3.42. The van der Waals surface area contributed by atoms with E-state index >= 15 is 0 Å². The highest BCUT2D eigenvalue weighted by Crippen LogP contribution is 2.26. The fourth-order valence-corrected chi connectivity index (χ4v) is 3.65. The molecule has 1 aliphatic heterocycles. The first-order chi connectivity index (χ1) is 18.3. The highest BCUT2D eigenvalue weighted by Gasteiger charge is 2.15. The van der Waals surface area contributed by atoms with E-state index in [9.17, 15) is 14.7 Å². The first-order valence-electron chi connectivity index (χ1n) is 12.6. The number of aliphatic hydroxyl groups is 1. The van der Waals surface area contributed by atoms with Crippen LogP contribution in [0.25, 0.3) is 0 Å². The quantitative estimate of drug-likeness (QED) is 0.253. The molecule has 2 aromatic carbocycles. The zero-order valence-electron chi connectivity index (χ0n) is 21.7. The number of rotatable bonds is 15. The van der Waals surface area contributed by atoms with Crippen LogP contribution in [0.15, 0.2) is 47.6 Å². The van der Waals surface area contributed by atoms with E-state index in [0.717, 1.165) is 11.3 Å². The fraction of sp³-hybridized carbons (Fsp3) is 0.444. The van der Waals surface area contributed by atoms with Crippen LogP contribution in [-0.4, -0.2) is 67.7 Å². The number of hydrogen-bond acceptors (Lipinski definition) is 8. The number of amides is 2. The summed E-state index contributed by atoms with van der Waals surface area (Å²) in [5.41, 5.74) is 3.99. The second kappa shape index (κ2) is 15.2. The van der Waals surface area contributed by atoms with Crippen LogP contribution in [0.1, 0.15) is 38.7 Å². The Morgan fingerprint density at radius 3 is 2.50 bits per heavy atom. The van der Waals surface area contributed by atoms with Crippen LogP contribution in [-0.2, 0) is 9.59 Å². The molecular weight excluding hydrogens is 512 g/mol. The van der Waals surface area contributed by atoms with Crippen molar-refractivity contribution in [3.05, 3.63) is 53.1 Å². The van der Waals surface area contributed by atoms with Gasteiger partial charge in [-0.1, -0.05) is 25.4 Å². The molecule has 2 amide bonds. The van der Waals surface area contributed by atoms with Crippen LogP contribution in [0, 0.1) is 0 Å². The Balaban J connectivity index is 1.28. The summed E-state index contributed by atoms with van der Waals surface area (Å²) in [6, 6.07) is 12.7. The number of aliphatic hydroxyl groups excluding tert-OH is 1. The van der Waals surface area contributed by atoms with Gasteiger partial charge in [-0.3, -0.25) is 9.59 Å². The second-order valence-corrected chi connectivity index (χ2v) is 9.49. The Hall–Kier alpha value is -3.34. The normalized spacial score (nSPS) is 13.9. The van der Waals surface area contributed by atoms with Crippen molar-refractivity contribution in [2.75, 3.05) is 32.9 Å². The third-order valence-electron chi connectivity index (χ3n) is 5.47. The highest BCUT2D eigenvalue weighted by molar-refractivity contribution is 6.32. The van der Waals surface area contributed by atoms with Crippen LogP contribution >= 0.6 is 11.6 Å². The van der Waals surface area contributed by atoms with Gasteiger partial charge in [0.1, 0.15) is 30.0 Å². The molecule has 0 saturated carbocycles. The van der Waals surface area contributed by atoms with Crippen LogP contribution in [0.2, 0.25) is 5.02 Å². The van der Waals surface area contributed by atoms with Gasteiger partial charge in [-0.15, -0.1) is 0 Å². The molecule has 0 aromatic heterocycles. The predicted octanol–water partition coefficient (Wildman–Crippen LogP) is 2.66. The number of benzene rings is 2. The van der Waals surface area contributed by atoms with E-state index in [0.29, 0.717) is 67.3 Å². The minimum Gasteiger partial charge on any atom is -0.494 e. The molecule has 11 heteroatoms. The molecule has 0 fully saturated rings. The molecule has 0 aliphatic carbocycles. The molecule has 0 radical (unpaired) electrons. The van der Waals surface area contributed by atoms with Crippen molar-refractivity contribution >= 4 is 29.1 Å². The van der Waals surface area contributed by atoms with E-state index in [1.807, 2.05) is 13.8 Å². The van der Waals surface area contributed by atoms with Gasteiger partial charge in [-0.2, -0.15) is 5.10 Å². The van der Waals surface area contributed by atoms with E-state index < -0.39 is 6.10 Å². The van der Waals surface area contributed by atoms with Crippen LogP contribution in [0.3, 0.4) is 0 Å². The second-order valence-electron chi connectivity index (χ2n) is 9.08. The van der Waals surface area contributed by atoms with Crippen LogP contribution < -0.4 is 30.3 Å². The number of halogens is 1. The minimum atomic E-state index is -0.583. The Morgan fingerprint density at radius 1 is 1.11 bits per heavy atom. The van der Waals surface area contributed by atoms with Gasteiger partial charge < -0.3 is 30.0 Å². The molecule has 3 rings (SSSR count). The van der Waals surface area contributed by atoms with E-state index in [2.05, 4.69) is 21.2 Å². The van der Waals surface area contributed by atoms with Gasteiger partial charge in [0.15, 0.2) is 6.61 Å². The smallest absolute Gasteiger partial charge is 0.257 e. The summed E-state index contributed by atoms with van der Waals surface area (Å²) < 4.78 is 16.8. The maximum atomic E-state index is 12.1. The zero-order chi connectivity index (χ0) is 27.3. The van der Waals surface area contributed by atoms with Gasteiger partial charge in [-0.25, -0.2) is 5.43 Å². The van der Waals surface area contributed by atoms with E-state index in [1.165, 1.54) is 0 Å². The third kappa shape index (κ3) is 10.2. The lowest BCUT2D eigenvalue weighted by Gasteiger charge is -2.15. The Morgan fingerprint density at radius 2 is 1.84 bits per heavy atom. The Bertz CT molecular complexity index is 1090. The largest absolute Gasteiger partial charge is 0.494 e. The number of nitrogens with one attached hydrogen (secondary N) is 3. The van der Waals surface area contributed by atoms with E-state index in [4.69, 9.17) is 25.8 Å². The number of ether oxygens (including phenoxy) is 3. The number of carbonyl (C=O) groups excluding carboxylic acids is 2. The monoisotopic (exact) mass is 546 g/mol. The van der Waals surface area contributed by atoms with Gasteiger partial charge >= 0.3 is 0 Å². The number of hydrazone groups is 1. The van der Waals surface area contributed by atoms with Crippen molar-refractivity contribution in [1.82, 2.24) is 16.1 Å². The standard InChI is InChI=1S/C27H35ClN4O6/c1-18(2)30-15-20(33)16-37-22-7-5-21(6-8-22)36-13-3-12-29-27(35)17-38-25-10-4-19(14-23(25)28)24-9-11-26(34)32-31-24/h4-8,10,14,18,20,30,33H,3,9,11-13,15-17H2,1-2H3,(H,29,35)(H,32,34)/t20-/m0/s1. The molecule has 2 aromatic rings. The average Bonchev–Trinajstić information content (AvgIpc) is 2.91. The van der Waals surface area contributed by atoms with Crippen molar-refractivity contribution in [3.8, 4) is 17.2 Å². The molecule has 0 unspecified atom stereocenters. The average molecular weight is 547 g/mol. The van der Waals surface area contributed by atoms with E-state index in [1.54, 1.807) is 42.5 Å². The van der Waals surface area contributed by atoms with Crippen molar-refractivity contribution in [1.29, 1.82) is 0 Å². The maximum Gasteiger partial charge on any atom is 0.257 e. The number of hydrogen-bond donors (Lipinski definition) is 4. The minimum absolute atomic E-state index is 0.111. The van der Waals surface area contributed by atoms with Gasteiger partial charge in [0.2, 0.25) is 5.91 Å². The molecule has 0 spiro atoms. The first kappa shape index (κ1) is 29.2. The van der Waals surface area contributed by atoms with Crippen molar-refractivity contribution in [2.24, 2.45) is 5.10 Å². The highest BCUT2D eigenvalue weighted by atomic mass is 35.5. The summed E-state index contributed by atoms with van der Waals surface area (Å²) in [5, 5.41) is 20.3. The first-order valence-corrected chi connectivity index (χ1v) is 13.0. The van der Waals surface area contributed by atoms with Crippen molar-refractivity contribution < 1.29 is 28.9 Å². The van der Waals surface area contributed by atoms with Crippen LogP contribution in [0.5, 0.6) is 17.2 Å². The summed E-state index contributed by atoms with van der Waals surface area (Å²) in [4.78, 5) is 23.4. The number of carbonyl (C=O) groups is 2.